The number of carbonyl (C=O) groups is 3. The van der Waals surface area contributed by atoms with Gasteiger partial charge in [0.05, 0.1) is 18.8 Å². The van der Waals surface area contributed by atoms with Crippen molar-refractivity contribution >= 4 is 17.8 Å². The van der Waals surface area contributed by atoms with E-state index in [9.17, 15) is 24.6 Å². The van der Waals surface area contributed by atoms with Crippen LogP contribution in [0.2, 0.25) is 0 Å². The number of methoxy groups -OCH3 is 1. The molecule has 25 heavy (non-hydrogen) atoms. The van der Waals surface area contributed by atoms with Crippen molar-refractivity contribution in [3.05, 3.63) is 0 Å². The molecule has 144 valence electrons. The van der Waals surface area contributed by atoms with Gasteiger partial charge in [-0.05, 0) is 6.92 Å². The molecular weight excluding hydrogens is 338 g/mol. The lowest BCUT2D eigenvalue weighted by Crippen LogP contribution is -2.64. The van der Waals surface area contributed by atoms with Crippen LogP contribution in [-0.2, 0) is 33.3 Å². The summed E-state index contributed by atoms with van der Waals surface area (Å²) in [7, 11) is 1.33. The zero-order chi connectivity index (χ0) is 19.1. The molecule has 1 amide bonds. The summed E-state index contributed by atoms with van der Waals surface area (Å²) in [6, 6.07) is -0.938. The van der Waals surface area contributed by atoms with Crippen LogP contribution in [0.3, 0.4) is 0 Å². The normalized spacial score (nSPS) is 30.2. The highest BCUT2D eigenvalue weighted by molar-refractivity contribution is 5.81. The number of ether oxygens (including phenoxy) is 4. The van der Waals surface area contributed by atoms with E-state index in [1.807, 2.05) is 0 Å². The predicted molar refractivity (Wildman–Crippen MR) is 82.1 cm³/mol. The monoisotopic (exact) mass is 363 g/mol. The van der Waals surface area contributed by atoms with E-state index in [1.165, 1.54) is 21.0 Å². The molecular formula is C15H25NO9. The molecule has 1 fully saturated rings. The van der Waals surface area contributed by atoms with Crippen LogP contribution in [0.1, 0.15) is 27.2 Å². The minimum atomic E-state index is -1.44. The number of aliphatic hydroxyl groups is 2. The van der Waals surface area contributed by atoms with Gasteiger partial charge in [-0.25, -0.2) is 0 Å². The van der Waals surface area contributed by atoms with E-state index in [1.54, 1.807) is 6.92 Å². The number of amides is 1. The van der Waals surface area contributed by atoms with E-state index >= 15 is 0 Å². The lowest BCUT2D eigenvalue weighted by molar-refractivity contribution is -0.269. The average molecular weight is 363 g/mol. The van der Waals surface area contributed by atoms with Crippen molar-refractivity contribution in [2.24, 2.45) is 0 Å². The maximum atomic E-state index is 12.1. The summed E-state index contributed by atoms with van der Waals surface area (Å²) in [5, 5.41) is 22.7. The molecule has 1 aliphatic rings. The van der Waals surface area contributed by atoms with Crippen LogP contribution in [0.15, 0.2) is 0 Å². The first-order valence-electron chi connectivity index (χ1n) is 7.82. The Bertz CT molecular complexity index is 484. The quantitative estimate of drug-likeness (QED) is 0.459. The van der Waals surface area contributed by atoms with Crippen LogP contribution < -0.4 is 5.32 Å². The van der Waals surface area contributed by atoms with Crippen LogP contribution in [0, 0.1) is 0 Å². The molecule has 1 rings (SSSR count). The van der Waals surface area contributed by atoms with Crippen LogP contribution >= 0.6 is 0 Å². The van der Waals surface area contributed by atoms with Gasteiger partial charge in [-0.2, -0.15) is 0 Å². The van der Waals surface area contributed by atoms with E-state index in [0.717, 1.165) is 0 Å². The summed E-state index contributed by atoms with van der Waals surface area (Å²) in [5.74, 6) is -1.94. The van der Waals surface area contributed by atoms with Gasteiger partial charge in [0.15, 0.2) is 12.4 Å². The number of nitrogens with one attached hydrogen (secondary N) is 1. The Labute approximate surface area is 145 Å². The van der Waals surface area contributed by atoms with Gasteiger partial charge in [-0.3, -0.25) is 14.4 Å². The van der Waals surface area contributed by atoms with Gasteiger partial charge in [-0.1, -0.05) is 0 Å². The second kappa shape index (κ2) is 9.66. The number of carbonyl (C=O) groups excluding carboxylic acids is 3. The van der Waals surface area contributed by atoms with Crippen molar-refractivity contribution in [3.8, 4) is 0 Å². The van der Waals surface area contributed by atoms with Gasteiger partial charge in [0.1, 0.15) is 12.2 Å². The van der Waals surface area contributed by atoms with Crippen LogP contribution in [-0.4, -0.2) is 78.5 Å². The minimum absolute atomic E-state index is 0.0997. The Morgan fingerprint density at radius 1 is 1.24 bits per heavy atom. The summed E-state index contributed by atoms with van der Waals surface area (Å²) in [6.07, 6.45) is -5.64. The fourth-order valence-electron chi connectivity index (χ4n) is 2.43. The Kier molecular flexibility index (Phi) is 8.23. The van der Waals surface area contributed by atoms with Crippen molar-refractivity contribution in [2.75, 3.05) is 13.7 Å². The summed E-state index contributed by atoms with van der Waals surface area (Å²) in [6.45, 7) is 3.86. The average Bonchev–Trinajstić information content (AvgIpc) is 2.52. The lowest BCUT2D eigenvalue weighted by atomic mass is 9.96. The second-order valence-electron chi connectivity index (χ2n) is 5.69. The van der Waals surface area contributed by atoms with Crippen molar-refractivity contribution in [2.45, 2.75) is 63.9 Å². The smallest absolute Gasteiger partial charge is 0.303 e. The summed E-state index contributed by atoms with van der Waals surface area (Å²) in [4.78, 5) is 33.9. The van der Waals surface area contributed by atoms with Gasteiger partial charge >= 0.3 is 11.9 Å². The molecule has 0 bridgehead atoms. The Hall–Kier alpha value is -1.75. The molecule has 10 nitrogen and oxygen atoms in total. The molecule has 1 aliphatic heterocycles. The Balaban J connectivity index is 2.70. The molecule has 0 spiro atoms. The highest BCUT2D eigenvalue weighted by atomic mass is 16.7. The van der Waals surface area contributed by atoms with Crippen molar-refractivity contribution in [3.63, 3.8) is 0 Å². The van der Waals surface area contributed by atoms with Crippen LogP contribution in [0.4, 0.5) is 0 Å². The largest absolute Gasteiger partial charge is 0.466 e. The molecule has 0 radical (unpaired) electrons. The van der Waals surface area contributed by atoms with E-state index in [0.29, 0.717) is 0 Å². The number of esters is 2. The number of rotatable bonds is 7. The highest BCUT2D eigenvalue weighted by Crippen LogP contribution is 2.24. The molecule has 0 aromatic heterocycles. The summed E-state index contributed by atoms with van der Waals surface area (Å²) in [5.41, 5.74) is 0. The van der Waals surface area contributed by atoms with Gasteiger partial charge in [-0.15, -0.1) is 0 Å². The molecule has 0 unspecified atom stereocenters. The summed E-state index contributed by atoms with van der Waals surface area (Å²) >= 11 is 0. The van der Waals surface area contributed by atoms with Crippen molar-refractivity contribution in [1.29, 1.82) is 0 Å². The van der Waals surface area contributed by atoms with Crippen molar-refractivity contribution in [1.82, 2.24) is 5.32 Å². The zero-order valence-electron chi connectivity index (χ0n) is 14.6. The molecule has 1 saturated heterocycles. The number of aliphatic hydroxyl groups excluding tert-OH is 2. The van der Waals surface area contributed by atoms with Gasteiger partial charge in [0.25, 0.3) is 0 Å². The maximum absolute atomic E-state index is 12.1. The van der Waals surface area contributed by atoms with E-state index in [2.05, 4.69) is 10.1 Å². The Morgan fingerprint density at radius 3 is 2.40 bits per heavy atom. The molecule has 0 aliphatic carbocycles. The predicted octanol–water partition coefficient (Wildman–Crippen LogP) is -1.53. The second-order valence-corrected chi connectivity index (χ2v) is 5.69. The molecule has 1 heterocycles. The standard InChI is InChI=1S/C15H25NO9/c1-7-11(16-14(21)10(19)5-6-23-8(2)17)12(20)13(25-9(3)18)15(22-4)24-7/h7,10-13,15,19-20H,5-6H2,1-4H3,(H,16,21)/t7-,10+,11-,12+,13+,15+/m1/s1. The first kappa shape index (κ1) is 21.3. The van der Waals surface area contributed by atoms with Gasteiger partial charge < -0.3 is 34.5 Å². The highest BCUT2D eigenvalue weighted by Gasteiger charge is 2.46. The van der Waals surface area contributed by atoms with E-state index in [-0.39, 0.29) is 13.0 Å². The molecule has 0 saturated carbocycles. The van der Waals surface area contributed by atoms with Crippen molar-refractivity contribution < 1.29 is 43.5 Å². The fraction of sp³-hybridized carbons (Fsp3) is 0.800. The topological polar surface area (TPSA) is 141 Å². The summed E-state index contributed by atoms with van der Waals surface area (Å²) < 4.78 is 20.2. The molecule has 0 aromatic carbocycles. The number of hydrogen-bond acceptors (Lipinski definition) is 9. The molecule has 6 atom stereocenters. The van der Waals surface area contributed by atoms with Crippen LogP contribution in [0.25, 0.3) is 0 Å². The number of hydrogen-bond donors (Lipinski definition) is 3. The van der Waals surface area contributed by atoms with E-state index < -0.39 is 54.6 Å². The lowest BCUT2D eigenvalue weighted by Gasteiger charge is -2.42. The first-order chi connectivity index (χ1) is 11.7. The molecule has 10 heteroatoms. The maximum Gasteiger partial charge on any atom is 0.303 e. The third kappa shape index (κ3) is 6.24. The van der Waals surface area contributed by atoms with Gasteiger partial charge in [0, 0.05) is 27.4 Å². The Morgan fingerprint density at radius 2 is 1.88 bits per heavy atom. The van der Waals surface area contributed by atoms with E-state index in [4.69, 9.17) is 14.2 Å². The minimum Gasteiger partial charge on any atom is -0.466 e. The zero-order valence-corrected chi connectivity index (χ0v) is 14.6. The SMILES string of the molecule is CO[C@H]1O[C@H](C)[C@@H](NC(=O)[C@@H](O)CCOC(C)=O)[C@H](O)[C@@H]1OC(C)=O. The molecule has 0 aromatic rings. The third-order valence-corrected chi connectivity index (χ3v) is 3.67. The van der Waals surface area contributed by atoms with Crippen LogP contribution in [0.5, 0.6) is 0 Å². The van der Waals surface area contributed by atoms with Gasteiger partial charge in [0.2, 0.25) is 5.91 Å². The first-order valence-corrected chi connectivity index (χ1v) is 7.82. The molecule has 3 N–H and O–H groups in total. The third-order valence-electron chi connectivity index (χ3n) is 3.67. The fourth-order valence-corrected chi connectivity index (χ4v) is 2.43.